The average molecular weight is 694 g/mol. The minimum absolute atomic E-state index is 0.0408. The first-order valence-corrected chi connectivity index (χ1v) is 16.2. The Morgan fingerprint density at radius 3 is 2.46 bits per heavy atom. The summed E-state index contributed by atoms with van der Waals surface area (Å²) in [4.78, 5) is 37.7. The lowest BCUT2D eigenvalue weighted by molar-refractivity contribution is -0.141. The molecule has 1 aliphatic rings. The summed E-state index contributed by atoms with van der Waals surface area (Å²) in [6, 6.07) is 14.8. The fourth-order valence-corrected chi connectivity index (χ4v) is 7.37. The van der Waals surface area contributed by atoms with Gasteiger partial charge in [0.15, 0.2) is 4.80 Å². The zero-order valence-corrected chi connectivity index (χ0v) is 28.4. The van der Waals surface area contributed by atoms with Crippen LogP contribution in [0.15, 0.2) is 74.6 Å². The topological polar surface area (TPSA) is 110 Å². The van der Waals surface area contributed by atoms with E-state index in [9.17, 15) is 28.0 Å². The van der Waals surface area contributed by atoms with Gasteiger partial charge in [-0.2, -0.15) is 18.4 Å². The van der Waals surface area contributed by atoms with Gasteiger partial charge in [0.25, 0.3) is 5.56 Å². The van der Waals surface area contributed by atoms with Crippen LogP contribution in [0.1, 0.15) is 46.5 Å². The van der Waals surface area contributed by atoms with Crippen molar-refractivity contribution in [2.45, 2.75) is 36.8 Å². The number of benzene rings is 2. The molecule has 248 valence electrons. The molecular formula is C34H30F3N5O4S2. The number of carbonyl (C=O) groups is 1. The van der Waals surface area contributed by atoms with Gasteiger partial charge < -0.3 is 14.4 Å². The fraction of sp³-hybridized carbons (Fsp3) is 0.265. The van der Waals surface area contributed by atoms with E-state index in [1.165, 1.54) is 37.0 Å². The molecule has 0 radical (unpaired) electrons. The second-order valence-corrected chi connectivity index (χ2v) is 13.0. The molecule has 3 heterocycles. The van der Waals surface area contributed by atoms with Gasteiger partial charge in [-0.3, -0.25) is 9.36 Å². The number of methoxy groups -OCH3 is 2. The first-order valence-electron chi connectivity index (χ1n) is 14.4. The van der Waals surface area contributed by atoms with Crippen LogP contribution >= 0.6 is 23.1 Å². The lowest BCUT2D eigenvalue weighted by Crippen LogP contribution is -2.39. The molecule has 0 saturated heterocycles. The van der Waals surface area contributed by atoms with Crippen LogP contribution in [0.5, 0.6) is 5.75 Å². The number of pyridine rings is 1. The van der Waals surface area contributed by atoms with E-state index in [1.54, 1.807) is 31.2 Å². The van der Waals surface area contributed by atoms with E-state index in [0.29, 0.717) is 37.5 Å². The number of allylic oxidation sites excluding steroid dienone is 1. The van der Waals surface area contributed by atoms with Gasteiger partial charge in [0.1, 0.15) is 22.5 Å². The number of rotatable bonds is 8. The number of nitrogens with zero attached hydrogens (tertiary/aromatic N) is 5. The summed E-state index contributed by atoms with van der Waals surface area (Å²) in [5.74, 6) is 0.0245. The van der Waals surface area contributed by atoms with Gasteiger partial charge >= 0.3 is 12.1 Å². The molecule has 1 unspecified atom stereocenters. The number of aromatic nitrogens is 2. The van der Waals surface area contributed by atoms with Crippen LogP contribution in [-0.4, -0.2) is 43.8 Å². The molecule has 2 aromatic heterocycles. The van der Waals surface area contributed by atoms with E-state index >= 15 is 0 Å². The van der Waals surface area contributed by atoms with Crippen LogP contribution in [0.25, 0.3) is 6.08 Å². The lowest BCUT2D eigenvalue weighted by Gasteiger charge is -2.25. The normalized spacial score (nSPS) is 14.7. The molecule has 2 aromatic carbocycles. The summed E-state index contributed by atoms with van der Waals surface area (Å²) >= 11 is 2.16. The lowest BCUT2D eigenvalue weighted by atomic mass is 9.95. The van der Waals surface area contributed by atoms with Crippen molar-refractivity contribution in [3.63, 3.8) is 0 Å². The van der Waals surface area contributed by atoms with E-state index < -0.39 is 23.9 Å². The van der Waals surface area contributed by atoms with Gasteiger partial charge in [0, 0.05) is 31.1 Å². The third-order valence-electron chi connectivity index (χ3n) is 7.70. The molecule has 4 aromatic rings. The van der Waals surface area contributed by atoms with Gasteiger partial charge in [-0.1, -0.05) is 29.5 Å². The molecule has 0 aliphatic carbocycles. The second kappa shape index (κ2) is 13.7. The monoisotopic (exact) mass is 693 g/mol. The van der Waals surface area contributed by atoms with Crippen LogP contribution < -0.4 is 24.5 Å². The number of alkyl halides is 3. The van der Waals surface area contributed by atoms with Crippen molar-refractivity contribution in [3.05, 3.63) is 113 Å². The third-order valence-corrected chi connectivity index (χ3v) is 9.71. The highest BCUT2D eigenvalue weighted by Gasteiger charge is 2.35. The molecule has 1 atom stereocenters. The van der Waals surface area contributed by atoms with Gasteiger partial charge in [-0.05, 0) is 66.9 Å². The molecular weight excluding hydrogens is 664 g/mol. The number of carbonyl (C=O) groups excluding carboxylic acids is 1. The summed E-state index contributed by atoms with van der Waals surface area (Å²) in [6.45, 7) is 3.14. The van der Waals surface area contributed by atoms with Crippen molar-refractivity contribution in [2.24, 2.45) is 4.99 Å². The molecule has 0 saturated carbocycles. The Hall–Kier alpha value is -4.87. The Morgan fingerprint density at radius 2 is 1.85 bits per heavy atom. The van der Waals surface area contributed by atoms with Crippen molar-refractivity contribution >= 4 is 40.8 Å². The van der Waals surface area contributed by atoms with Crippen molar-refractivity contribution in [2.75, 3.05) is 33.2 Å². The number of hydrogen-bond acceptors (Lipinski definition) is 10. The number of hydrogen-bond donors (Lipinski definition) is 0. The number of ether oxygens (including phenoxy) is 2. The predicted octanol–water partition coefficient (Wildman–Crippen LogP) is 5.37. The molecule has 1 aliphatic heterocycles. The first kappa shape index (κ1) is 34.5. The van der Waals surface area contributed by atoms with Gasteiger partial charge in [-0.15, -0.1) is 11.8 Å². The summed E-state index contributed by atoms with van der Waals surface area (Å²) in [6.07, 6.45) is -2.98. The van der Waals surface area contributed by atoms with E-state index in [2.05, 4.69) is 9.98 Å². The fourth-order valence-electron chi connectivity index (χ4n) is 5.29. The number of aryl methyl sites for hydroxylation is 1. The van der Waals surface area contributed by atoms with Crippen LogP contribution in [0.3, 0.4) is 0 Å². The maximum absolute atomic E-state index is 14.0. The maximum Gasteiger partial charge on any atom is 0.433 e. The van der Waals surface area contributed by atoms with Gasteiger partial charge in [-0.25, -0.2) is 14.8 Å². The molecule has 5 rings (SSSR count). The minimum atomic E-state index is -4.67. The number of esters is 1. The van der Waals surface area contributed by atoms with Crippen molar-refractivity contribution in [1.82, 2.24) is 9.55 Å². The first-order chi connectivity index (χ1) is 22.8. The van der Waals surface area contributed by atoms with E-state index in [-0.39, 0.29) is 33.0 Å². The molecule has 14 heteroatoms. The molecule has 48 heavy (non-hydrogen) atoms. The van der Waals surface area contributed by atoms with Crippen LogP contribution in [0.4, 0.5) is 18.9 Å². The molecule has 0 spiro atoms. The Labute approximate surface area is 282 Å². The molecule has 0 fully saturated rings. The number of halogens is 3. The quantitative estimate of drug-likeness (QED) is 0.179. The Bertz CT molecular complexity index is 2160. The summed E-state index contributed by atoms with van der Waals surface area (Å²) in [7, 11) is 6.59. The number of thioether (sulfide) groups is 1. The Morgan fingerprint density at radius 1 is 1.15 bits per heavy atom. The number of thiazole rings is 1. The SMILES string of the molecule is COC(=O)C1=C(C)N=c2s/c(=C\c3ccc(OC)c(CSc4nc(C(F)(F)F)cc(C)c4C#N)c3)c(=O)n2C1c1ccc(N(C)C)cc1. The standard InChI is InChI=1S/C34H30F3N5O4S2/c1-18-13-27(34(35,36)37)40-30(24(18)16-38)47-17-22-14-20(7-12-25(22)45-5)15-26-31(43)42-29(21-8-10-23(11-9-21)41(3)4)28(32(44)46-6)19(2)39-33(42)48-26/h7-15,29H,17H2,1-6H3/b26-15-. The molecule has 0 amide bonds. The average Bonchev–Trinajstić information content (AvgIpc) is 3.35. The zero-order valence-electron chi connectivity index (χ0n) is 26.8. The summed E-state index contributed by atoms with van der Waals surface area (Å²) in [5.41, 5.74) is 2.41. The molecule has 9 nitrogen and oxygen atoms in total. The zero-order chi connectivity index (χ0) is 34.9. The highest BCUT2D eigenvalue weighted by Crippen LogP contribution is 2.35. The number of anilines is 1. The van der Waals surface area contributed by atoms with Crippen molar-refractivity contribution < 1.29 is 27.4 Å². The predicted molar refractivity (Wildman–Crippen MR) is 178 cm³/mol. The Balaban J connectivity index is 1.57. The van der Waals surface area contributed by atoms with Gasteiger partial charge in [0.2, 0.25) is 0 Å². The van der Waals surface area contributed by atoms with E-state index in [4.69, 9.17) is 9.47 Å². The minimum Gasteiger partial charge on any atom is -0.496 e. The van der Waals surface area contributed by atoms with Crippen LogP contribution in [0, 0.1) is 18.3 Å². The van der Waals surface area contributed by atoms with Crippen LogP contribution in [0.2, 0.25) is 0 Å². The van der Waals surface area contributed by atoms with Crippen molar-refractivity contribution in [1.29, 1.82) is 5.26 Å². The maximum atomic E-state index is 14.0. The number of nitriles is 1. The third kappa shape index (κ3) is 6.74. The highest BCUT2D eigenvalue weighted by molar-refractivity contribution is 7.98. The molecule has 0 N–H and O–H groups in total. The highest BCUT2D eigenvalue weighted by atomic mass is 32.2. The summed E-state index contributed by atoms with van der Waals surface area (Å²) < 4.78 is 52.9. The number of fused-ring (bicyclic) bond motifs is 1. The second-order valence-electron chi connectivity index (χ2n) is 11.0. The van der Waals surface area contributed by atoms with Gasteiger partial charge in [0.05, 0.1) is 41.6 Å². The smallest absolute Gasteiger partial charge is 0.433 e. The van der Waals surface area contributed by atoms with Crippen LogP contribution in [-0.2, 0) is 21.5 Å². The summed E-state index contributed by atoms with van der Waals surface area (Å²) in [5, 5.41) is 9.57. The van der Waals surface area contributed by atoms with E-state index in [1.807, 2.05) is 49.3 Å². The Kier molecular flexibility index (Phi) is 9.84. The largest absolute Gasteiger partial charge is 0.496 e. The van der Waals surface area contributed by atoms with Crippen molar-refractivity contribution in [3.8, 4) is 11.8 Å². The molecule has 0 bridgehead atoms. The van der Waals surface area contributed by atoms with E-state index in [0.717, 1.165) is 23.5 Å².